The molecule has 1 aliphatic heterocycles. The molecule has 2 heterocycles. The highest BCUT2D eigenvalue weighted by molar-refractivity contribution is 9.10. The number of benzene rings is 2. The molecular weight excluding hydrogens is 352 g/mol. The second-order valence-corrected chi connectivity index (χ2v) is 6.80. The van der Waals surface area contributed by atoms with Crippen molar-refractivity contribution in [3.63, 3.8) is 0 Å². The van der Waals surface area contributed by atoms with Crippen molar-refractivity contribution in [2.24, 2.45) is 0 Å². The number of pyridine rings is 1. The Bertz CT molecular complexity index is 936. The van der Waals surface area contributed by atoms with E-state index < -0.39 is 0 Å². The summed E-state index contributed by atoms with van der Waals surface area (Å²) in [5, 5.41) is 1.13. The molecule has 0 atom stereocenters. The van der Waals surface area contributed by atoms with Crippen LogP contribution in [0.25, 0.3) is 10.9 Å². The van der Waals surface area contributed by atoms with Gasteiger partial charge in [-0.15, -0.1) is 0 Å². The highest BCUT2D eigenvalue weighted by Gasteiger charge is 2.27. The number of carbonyl (C=O) groups is 1. The van der Waals surface area contributed by atoms with Crippen LogP contribution >= 0.6 is 15.9 Å². The maximum absolute atomic E-state index is 12.8. The zero-order chi connectivity index (χ0) is 16.0. The molecule has 23 heavy (non-hydrogen) atoms. The van der Waals surface area contributed by atoms with E-state index in [2.05, 4.69) is 47.1 Å². The zero-order valence-electron chi connectivity index (χ0n) is 12.7. The number of amides is 1. The third-order valence-electron chi connectivity index (χ3n) is 4.21. The minimum absolute atomic E-state index is 0.00422. The van der Waals surface area contributed by atoms with Crippen molar-refractivity contribution in [1.29, 1.82) is 0 Å². The minimum atomic E-state index is 0.00422. The largest absolute Gasteiger partial charge is 0.292 e. The monoisotopic (exact) mass is 366 g/mol. The van der Waals surface area contributed by atoms with Gasteiger partial charge in [-0.25, -0.2) is 4.98 Å². The Morgan fingerprint density at radius 3 is 2.87 bits per heavy atom. The molecule has 1 amide bonds. The lowest BCUT2D eigenvalue weighted by molar-refractivity contribution is 0.0988. The average Bonchev–Trinajstić information content (AvgIpc) is 2.94. The Morgan fingerprint density at radius 1 is 1.17 bits per heavy atom. The van der Waals surface area contributed by atoms with E-state index in [1.165, 1.54) is 5.56 Å². The van der Waals surface area contributed by atoms with Gasteiger partial charge in [0, 0.05) is 22.0 Å². The lowest BCUT2D eigenvalue weighted by Gasteiger charge is -2.17. The van der Waals surface area contributed by atoms with Gasteiger partial charge in [-0.1, -0.05) is 34.1 Å². The lowest BCUT2D eigenvalue weighted by atomic mass is 10.1. The maximum Gasteiger partial charge on any atom is 0.259 e. The van der Waals surface area contributed by atoms with Gasteiger partial charge in [0.05, 0.1) is 5.52 Å². The normalized spacial score (nSPS) is 13.4. The van der Waals surface area contributed by atoms with Gasteiger partial charge in [-0.05, 0) is 54.8 Å². The molecule has 1 aromatic heterocycles. The Hall–Kier alpha value is -2.20. The number of nitrogens with zero attached hydrogens (tertiary/aromatic N) is 2. The fraction of sp³-hybridized carbons (Fsp3) is 0.158. The third kappa shape index (κ3) is 2.53. The van der Waals surface area contributed by atoms with E-state index in [1.54, 1.807) is 4.90 Å². The van der Waals surface area contributed by atoms with Gasteiger partial charge in [-0.3, -0.25) is 9.69 Å². The maximum atomic E-state index is 12.8. The van der Waals surface area contributed by atoms with E-state index in [1.807, 2.05) is 24.3 Å². The quantitative estimate of drug-likeness (QED) is 0.634. The number of hydrogen-bond acceptors (Lipinski definition) is 2. The van der Waals surface area contributed by atoms with E-state index in [-0.39, 0.29) is 5.91 Å². The molecule has 114 valence electrons. The van der Waals surface area contributed by atoms with Gasteiger partial charge in [0.15, 0.2) is 0 Å². The van der Waals surface area contributed by atoms with Crippen LogP contribution in [0.1, 0.15) is 21.5 Å². The second kappa shape index (κ2) is 5.46. The first-order valence-electron chi connectivity index (χ1n) is 7.59. The van der Waals surface area contributed by atoms with Gasteiger partial charge in [0.25, 0.3) is 5.91 Å². The summed E-state index contributed by atoms with van der Waals surface area (Å²) in [6.45, 7) is 2.74. The summed E-state index contributed by atoms with van der Waals surface area (Å²) in [5.74, 6) is 0.803. The lowest BCUT2D eigenvalue weighted by Crippen LogP contribution is -2.29. The number of rotatable bonds is 1. The summed E-state index contributed by atoms with van der Waals surface area (Å²) in [6, 6.07) is 15.9. The summed E-state index contributed by atoms with van der Waals surface area (Å²) in [5.41, 5.74) is 3.94. The molecule has 0 spiro atoms. The van der Waals surface area contributed by atoms with Crippen molar-refractivity contribution >= 4 is 38.6 Å². The van der Waals surface area contributed by atoms with E-state index in [0.717, 1.165) is 33.2 Å². The second-order valence-electron chi connectivity index (χ2n) is 5.88. The summed E-state index contributed by atoms with van der Waals surface area (Å²) >= 11 is 3.42. The first-order chi connectivity index (χ1) is 11.1. The molecule has 0 unspecified atom stereocenters. The Morgan fingerprint density at radius 2 is 2.04 bits per heavy atom. The summed E-state index contributed by atoms with van der Waals surface area (Å²) in [6.07, 6.45) is 0.853. The van der Waals surface area contributed by atoms with Crippen molar-refractivity contribution in [3.8, 4) is 0 Å². The number of carbonyl (C=O) groups excluding carboxylic acids is 1. The molecule has 4 rings (SSSR count). The van der Waals surface area contributed by atoms with Crippen molar-refractivity contribution in [2.45, 2.75) is 13.3 Å². The molecule has 4 heteroatoms. The van der Waals surface area contributed by atoms with Gasteiger partial charge in [0.2, 0.25) is 0 Å². The highest BCUT2D eigenvalue weighted by atomic mass is 79.9. The SMILES string of the molecule is Cc1ccc2cc3c(nc2c1)N(C(=O)c1cccc(Br)c1)CC3. The van der Waals surface area contributed by atoms with Crippen LogP contribution in [-0.2, 0) is 6.42 Å². The molecule has 0 fully saturated rings. The van der Waals surface area contributed by atoms with Crippen LogP contribution < -0.4 is 4.90 Å². The Balaban J connectivity index is 1.78. The van der Waals surface area contributed by atoms with Crippen molar-refractivity contribution in [2.75, 3.05) is 11.4 Å². The molecule has 0 aliphatic carbocycles. The number of aryl methyl sites for hydroxylation is 1. The summed E-state index contributed by atoms with van der Waals surface area (Å²) in [7, 11) is 0. The van der Waals surface area contributed by atoms with Gasteiger partial charge in [-0.2, -0.15) is 0 Å². The van der Waals surface area contributed by atoms with Gasteiger partial charge in [0.1, 0.15) is 5.82 Å². The fourth-order valence-corrected chi connectivity index (χ4v) is 3.44. The van der Waals surface area contributed by atoms with Crippen LogP contribution in [0.5, 0.6) is 0 Å². The zero-order valence-corrected chi connectivity index (χ0v) is 14.3. The number of aromatic nitrogens is 1. The predicted molar refractivity (Wildman–Crippen MR) is 96.0 cm³/mol. The van der Waals surface area contributed by atoms with E-state index >= 15 is 0 Å². The van der Waals surface area contributed by atoms with Crippen LogP contribution in [0.15, 0.2) is 53.0 Å². The number of fused-ring (bicyclic) bond motifs is 2. The molecule has 3 nitrogen and oxygen atoms in total. The van der Waals surface area contributed by atoms with Gasteiger partial charge >= 0.3 is 0 Å². The Kier molecular flexibility index (Phi) is 3.42. The number of anilines is 1. The Labute approximate surface area is 143 Å². The van der Waals surface area contributed by atoms with Crippen molar-refractivity contribution < 1.29 is 4.79 Å². The molecule has 3 aromatic rings. The van der Waals surface area contributed by atoms with Crippen LogP contribution in [-0.4, -0.2) is 17.4 Å². The van der Waals surface area contributed by atoms with E-state index in [0.29, 0.717) is 12.1 Å². The standard InChI is InChI=1S/C19H15BrN2O/c1-12-5-6-13-10-14-7-8-22(18(14)21-17(13)9-12)19(23)15-3-2-4-16(20)11-15/h2-6,9-11H,7-8H2,1H3. The van der Waals surface area contributed by atoms with Crippen molar-refractivity contribution in [3.05, 3.63) is 69.7 Å². The molecule has 0 saturated carbocycles. The molecule has 1 aliphatic rings. The average molecular weight is 367 g/mol. The fourth-order valence-electron chi connectivity index (χ4n) is 3.04. The molecule has 0 bridgehead atoms. The smallest absolute Gasteiger partial charge is 0.259 e. The summed E-state index contributed by atoms with van der Waals surface area (Å²) < 4.78 is 0.907. The van der Waals surface area contributed by atoms with Crippen LogP contribution in [0, 0.1) is 6.92 Å². The van der Waals surface area contributed by atoms with E-state index in [4.69, 9.17) is 4.98 Å². The summed E-state index contributed by atoms with van der Waals surface area (Å²) in [4.78, 5) is 19.4. The number of hydrogen-bond donors (Lipinski definition) is 0. The highest BCUT2D eigenvalue weighted by Crippen LogP contribution is 2.31. The molecule has 0 radical (unpaired) electrons. The topological polar surface area (TPSA) is 33.2 Å². The predicted octanol–water partition coefficient (Wildman–Crippen LogP) is 4.51. The molecular formula is C19H15BrN2O. The molecule has 0 saturated heterocycles. The number of halogens is 1. The first-order valence-corrected chi connectivity index (χ1v) is 8.39. The minimum Gasteiger partial charge on any atom is -0.292 e. The molecule has 0 N–H and O–H groups in total. The molecule has 2 aromatic carbocycles. The first kappa shape index (κ1) is 14.4. The van der Waals surface area contributed by atoms with Crippen molar-refractivity contribution in [1.82, 2.24) is 4.98 Å². The van der Waals surface area contributed by atoms with Crippen LogP contribution in [0.3, 0.4) is 0 Å². The van der Waals surface area contributed by atoms with Gasteiger partial charge < -0.3 is 0 Å². The third-order valence-corrected chi connectivity index (χ3v) is 4.70. The van der Waals surface area contributed by atoms with E-state index in [9.17, 15) is 4.79 Å². The van der Waals surface area contributed by atoms with Crippen LogP contribution in [0.4, 0.5) is 5.82 Å². The van der Waals surface area contributed by atoms with Crippen LogP contribution in [0.2, 0.25) is 0 Å².